The van der Waals surface area contributed by atoms with E-state index in [-0.39, 0.29) is 5.91 Å². The van der Waals surface area contributed by atoms with Crippen LogP contribution in [0.5, 0.6) is 0 Å². The fourth-order valence-corrected chi connectivity index (χ4v) is 1.22. The van der Waals surface area contributed by atoms with Crippen molar-refractivity contribution in [2.75, 3.05) is 0 Å². The second-order valence-electron chi connectivity index (χ2n) is 3.33. The number of nitrogens with zero attached hydrogens (tertiary/aromatic N) is 4. The largest absolute Gasteiger partial charge is 0.333 e. The standard InChI is InChI=1S/C11H11N5O/c1-16-7-6-13-10(16)8-14-15-11(17)9-2-4-12-5-3-9/h2-8H,1H3,(H,15,17). The highest BCUT2D eigenvalue weighted by Crippen LogP contribution is 1.95. The van der Waals surface area contributed by atoms with Gasteiger partial charge in [-0.25, -0.2) is 10.4 Å². The number of carbonyl (C=O) groups excluding carboxylic acids is 1. The summed E-state index contributed by atoms with van der Waals surface area (Å²) in [6.07, 6.45) is 8.05. The first kappa shape index (κ1) is 11.0. The molecule has 1 amide bonds. The minimum atomic E-state index is -0.280. The summed E-state index contributed by atoms with van der Waals surface area (Å²) in [6.45, 7) is 0. The number of rotatable bonds is 3. The summed E-state index contributed by atoms with van der Waals surface area (Å²) in [5.74, 6) is 0.387. The number of pyridine rings is 1. The van der Waals surface area contributed by atoms with Crippen LogP contribution in [0.4, 0.5) is 0 Å². The zero-order valence-electron chi connectivity index (χ0n) is 9.24. The lowest BCUT2D eigenvalue weighted by Crippen LogP contribution is -2.17. The Morgan fingerprint density at radius 3 is 2.82 bits per heavy atom. The summed E-state index contributed by atoms with van der Waals surface area (Å²) in [5, 5.41) is 3.82. The van der Waals surface area contributed by atoms with E-state index in [4.69, 9.17) is 0 Å². The Kier molecular flexibility index (Phi) is 3.25. The molecule has 86 valence electrons. The van der Waals surface area contributed by atoms with Gasteiger partial charge in [-0.2, -0.15) is 5.10 Å². The van der Waals surface area contributed by atoms with E-state index in [1.54, 1.807) is 41.5 Å². The van der Waals surface area contributed by atoms with Crippen molar-refractivity contribution in [2.45, 2.75) is 0 Å². The lowest BCUT2D eigenvalue weighted by atomic mass is 10.3. The highest BCUT2D eigenvalue weighted by Gasteiger charge is 2.02. The number of hydrazone groups is 1. The number of aryl methyl sites for hydroxylation is 1. The number of aromatic nitrogens is 3. The molecule has 0 aliphatic heterocycles. The van der Waals surface area contributed by atoms with Crippen LogP contribution in [0.1, 0.15) is 16.2 Å². The zero-order chi connectivity index (χ0) is 12.1. The maximum absolute atomic E-state index is 11.6. The number of hydrogen-bond donors (Lipinski definition) is 1. The Hall–Kier alpha value is -2.50. The van der Waals surface area contributed by atoms with Crippen LogP contribution in [0.15, 0.2) is 42.0 Å². The molecule has 0 aliphatic rings. The molecule has 6 heteroatoms. The summed E-state index contributed by atoms with van der Waals surface area (Å²) in [5.41, 5.74) is 2.92. The van der Waals surface area contributed by atoms with Gasteiger partial charge in [-0.05, 0) is 12.1 Å². The summed E-state index contributed by atoms with van der Waals surface area (Å²) in [4.78, 5) is 19.4. The highest BCUT2D eigenvalue weighted by atomic mass is 16.2. The van der Waals surface area contributed by atoms with Crippen LogP contribution < -0.4 is 5.43 Å². The van der Waals surface area contributed by atoms with Crippen LogP contribution in [0.3, 0.4) is 0 Å². The smallest absolute Gasteiger partial charge is 0.271 e. The van der Waals surface area contributed by atoms with Gasteiger partial charge in [0.05, 0.1) is 6.21 Å². The molecular weight excluding hydrogens is 218 g/mol. The molecule has 2 aromatic rings. The fraction of sp³-hybridized carbons (Fsp3) is 0.0909. The number of carbonyl (C=O) groups is 1. The quantitative estimate of drug-likeness (QED) is 0.618. The molecule has 1 N–H and O–H groups in total. The first-order valence-electron chi connectivity index (χ1n) is 4.98. The molecule has 6 nitrogen and oxygen atoms in total. The number of imidazole rings is 1. The monoisotopic (exact) mass is 229 g/mol. The molecule has 0 fully saturated rings. The maximum Gasteiger partial charge on any atom is 0.271 e. The summed E-state index contributed by atoms with van der Waals surface area (Å²) >= 11 is 0. The molecule has 2 heterocycles. The van der Waals surface area contributed by atoms with Crippen molar-refractivity contribution >= 4 is 12.1 Å². The molecule has 0 aromatic carbocycles. The second kappa shape index (κ2) is 5.02. The lowest BCUT2D eigenvalue weighted by Gasteiger charge is -1.98. The number of nitrogens with one attached hydrogen (secondary N) is 1. The van der Waals surface area contributed by atoms with Crippen molar-refractivity contribution in [1.29, 1.82) is 0 Å². The van der Waals surface area contributed by atoms with E-state index in [0.717, 1.165) is 0 Å². The van der Waals surface area contributed by atoms with Crippen LogP contribution in [0, 0.1) is 0 Å². The van der Waals surface area contributed by atoms with Crippen LogP contribution in [-0.2, 0) is 7.05 Å². The summed E-state index contributed by atoms with van der Waals surface area (Å²) in [7, 11) is 1.85. The third kappa shape index (κ3) is 2.75. The molecule has 17 heavy (non-hydrogen) atoms. The van der Waals surface area contributed by atoms with Gasteiger partial charge in [0.25, 0.3) is 5.91 Å². The third-order valence-corrected chi connectivity index (χ3v) is 2.15. The normalized spacial score (nSPS) is 10.6. The zero-order valence-corrected chi connectivity index (χ0v) is 9.24. The Bertz CT molecular complexity index is 532. The molecule has 2 aromatic heterocycles. The molecule has 0 saturated carbocycles. The van der Waals surface area contributed by atoms with Gasteiger partial charge < -0.3 is 4.57 Å². The molecule has 0 radical (unpaired) electrons. The molecular formula is C11H11N5O. The summed E-state index contributed by atoms with van der Waals surface area (Å²) < 4.78 is 1.79. The Balaban J connectivity index is 1.97. The Morgan fingerprint density at radius 1 is 1.41 bits per heavy atom. The predicted octanol–water partition coefficient (Wildman–Crippen LogP) is 0.579. The molecule has 0 unspecified atom stereocenters. The van der Waals surface area contributed by atoms with Crippen molar-refractivity contribution in [3.05, 3.63) is 48.3 Å². The highest BCUT2D eigenvalue weighted by molar-refractivity contribution is 5.94. The molecule has 0 atom stereocenters. The second-order valence-corrected chi connectivity index (χ2v) is 3.33. The van der Waals surface area contributed by atoms with Gasteiger partial charge in [0.2, 0.25) is 0 Å². The van der Waals surface area contributed by atoms with Gasteiger partial charge >= 0.3 is 0 Å². The van der Waals surface area contributed by atoms with Crippen LogP contribution >= 0.6 is 0 Å². The molecule has 2 rings (SSSR count). The van der Waals surface area contributed by atoms with Gasteiger partial charge in [-0.15, -0.1) is 0 Å². The van der Waals surface area contributed by atoms with Gasteiger partial charge in [-0.3, -0.25) is 9.78 Å². The molecule has 0 spiro atoms. The van der Waals surface area contributed by atoms with E-state index in [9.17, 15) is 4.79 Å². The third-order valence-electron chi connectivity index (χ3n) is 2.15. The SMILES string of the molecule is Cn1ccnc1C=NNC(=O)c1ccncc1. The van der Waals surface area contributed by atoms with Crippen LogP contribution in [0.25, 0.3) is 0 Å². The van der Waals surface area contributed by atoms with Crippen molar-refractivity contribution in [2.24, 2.45) is 12.1 Å². The van der Waals surface area contributed by atoms with E-state index in [1.165, 1.54) is 6.21 Å². The minimum absolute atomic E-state index is 0.280. The van der Waals surface area contributed by atoms with E-state index in [2.05, 4.69) is 20.5 Å². The average Bonchev–Trinajstić information content (AvgIpc) is 2.76. The Labute approximate surface area is 98.0 Å². The van der Waals surface area contributed by atoms with Crippen molar-refractivity contribution in [1.82, 2.24) is 20.0 Å². The number of hydrogen-bond acceptors (Lipinski definition) is 4. The maximum atomic E-state index is 11.6. The first-order chi connectivity index (χ1) is 8.27. The molecule has 0 bridgehead atoms. The average molecular weight is 229 g/mol. The molecule has 0 saturated heterocycles. The number of amides is 1. The van der Waals surface area contributed by atoms with E-state index in [1.807, 2.05) is 7.05 Å². The lowest BCUT2D eigenvalue weighted by molar-refractivity contribution is 0.0955. The van der Waals surface area contributed by atoms with Crippen LogP contribution in [-0.4, -0.2) is 26.7 Å². The minimum Gasteiger partial charge on any atom is -0.333 e. The van der Waals surface area contributed by atoms with Crippen molar-refractivity contribution < 1.29 is 4.79 Å². The predicted molar refractivity (Wildman–Crippen MR) is 62.5 cm³/mol. The van der Waals surface area contributed by atoms with Crippen molar-refractivity contribution in [3.63, 3.8) is 0 Å². The first-order valence-corrected chi connectivity index (χ1v) is 4.98. The van der Waals surface area contributed by atoms with Crippen molar-refractivity contribution in [3.8, 4) is 0 Å². The van der Waals surface area contributed by atoms with E-state index >= 15 is 0 Å². The Morgan fingerprint density at radius 2 is 2.18 bits per heavy atom. The van der Waals surface area contributed by atoms with Gasteiger partial charge in [0.1, 0.15) is 0 Å². The van der Waals surface area contributed by atoms with E-state index < -0.39 is 0 Å². The van der Waals surface area contributed by atoms with Gasteiger partial charge in [0.15, 0.2) is 5.82 Å². The van der Waals surface area contributed by atoms with Gasteiger partial charge in [0, 0.05) is 37.4 Å². The van der Waals surface area contributed by atoms with E-state index in [0.29, 0.717) is 11.4 Å². The topological polar surface area (TPSA) is 72.2 Å². The molecule has 0 aliphatic carbocycles. The van der Waals surface area contributed by atoms with Crippen LogP contribution in [0.2, 0.25) is 0 Å². The van der Waals surface area contributed by atoms with Gasteiger partial charge in [-0.1, -0.05) is 0 Å². The summed E-state index contributed by atoms with van der Waals surface area (Å²) in [6, 6.07) is 3.23. The fourth-order valence-electron chi connectivity index (χ4n) is 1.22.